The first-order chi connectivity index (χ1) is 10.2. The lowest BCUT2D eigenvalue weighted by molar-refractivity contribution is 0.318. The lowest BCUT2D eigenvalue weighted by Gasteiger charge is -2.12. The third-order valence-electron chi connectivity index (χ3n) is 3.45. The zero-order valence-electron chi connectivity index (χ0n) is 11.6. The van der Waals surface area contributed by atoms with E-state index < -0.39 is 0 Å². The van der Waals surface area contributed by atoms with Gasteiger partial charge in [-0.05, 0) is 84.8 Å². The molecule has 0 aliphatic heterocycles. The van der Waals surface area contributed by atoms with E-state index >= 15 is 0 Å². The van der Waals surface area contributed by atoms with E-state index in [9.17, 15) is 0 Å². The molecule has 21 heavy (non-hydrogen) atoms. The Bertz CT molecular complexity index is 573. The van der Waals surface area contributed by atoms with Gasteiger partial charge in [-0.3, -0.25) is 0 Å². The molecule has 0 radical (unpaired) electrons. The minimum absolute atomic E-state index is 0.688. The van der Waals surface area contributed by atoms with Gasteiger partial charge >= 0.3 is 0 Å². The summed E-state index contributed by atoms with van der Waals surface area (Å²) in [4.78, 5) is 0. The number of thiophene rings is 1. The van der Waals surface area contributed by atoms with E-state index in [2.05, 4.69) is 66.1 Å². The van der Waals surface area contributed by atoms with Crippen molar-refractivity contribution in [1.29, 1.82) is 0 Å². The monoisotopic (exact) mass is 429 g/mol. The molecular weight excluding hydrogens is 414 g/mol. The molecule has 1 heterocycles. The van der Waals surface area contributed by atoms with E-state index in [1.807, 2.05) is 0 Å². The fourth-order valence-electron chi connectivity index (χ4n) is 2.11. The SMILES string of the molecule is Brc1cc(CNC2CC2)cc(Br)c1OCCc1ccsc1. The van der Waals surface area contributed by atoms with Gasteiger partial charge in [0.25, 0.3) is 0 Å². The van der Waals surface area contributed by atoms with Gasteiger partial charge in [0.2, 0.25) is 0 Å². The van der Waals surface area contributed by atoms with Crippen LogP contribution in [0.15, 0.2) is 37.9 Å². The average Bonchev–Trinajstić information content (AvgIpc) is 3.14. The summed E-state index contributed by atoms with van der Waals surface area (Å²) in [5.74, 6) is 0.889. The summed E-state index contributed by atoms with van der Waals surface area (Å²) in [6.45, 7) is 1.60. The zero-order chi connectivity index (χ0) is 14.7. The zero-order valence-corrected chi connectivity index (χ0v) is 15.6. The molecule has 0 saturated heterocycles. The van der Waals surface area contributed by atoms with Gasteiger partial charge in [0.15, 0.2) is 0 Å². The highest BCUT2D eigenvalue weighted by Crippen LogP contribution is 2.35. The first-order valence-corrected chi connectivity index (χ1v) is 9.60. The Labute approximate surface area is 146 Å². The second kappa shape index (κ2) is 7.27. The number of hydrogen-bond acceptors (Lipinski definition) is 3. The largest absolute Gasteiger partial charge is 0.491 e. The van der Waals surface area contributed by atoms with Crippen LogP contribution in [0.4, 0.5) is 0 Å². The quantitative estimate of drug-likeness (QED) is 0.655. The predicted octanol–water partition coefficient (Wildman–Crippen LogP) is 5.15. The van der Waals surface area contributed by atoms with E-state index in [1.165, 1.54) is 24.0 Å². The van der Waals surface area contributed by atoms with Crippen molar-refractivity contribution in [2.45, 2.75) is 31.8 Å². The Morgan fingerprint density at radius 2 is 1.95 bits per heavy atom. The highest BCUT2D eigenvalue weighted by molar-refractivity contribution is 9.11. The number of halogens is 2. The molecule has 1 aliphatic rings. The Morgan fingerprint density at radius 3 is 2.57 bits per heavy atom. The molecule has 1 aliphatic carbocycles. The highest BCUT2D eigenvalue weighted by atomic mass is 79.9. The van der Waals surface area contributed by atoms with Crippen LogP contribution in [0.5, 0.6) is 5.75 Å². The Balaban J connectivity index is 1.58. The van der Waals surface area contributed by atoms with E-state index in [1.54, 1.807) is 11.3 Å². The van der Waals surface area contributed by atoms with E-state index in [4.69, 9.17) is 4.74 Å². The van der Waals surface area contributed by atoms with Crippen LogP contribution in [0.2, 0.25) is 0 Å². The van der Waals surface area contributed by atoms with Crippen molar-refractivity contribution < 1.29 is 4.74 Å². The molecule has 1 aromatic heterocycles. The third kappa shape index (κ3) is 4.55. The molecule has 3 rings (SSSR count). The van der Waals surface area contributed by atoms with Crippen LogP contribution in [-0.2, 0) is 13.0 Å². The molecule has 1 aromatic carbocycles. The van der Waals surface area contributed by atoms with Gasteiger partial charge in [0.05, 0.1) is 15.6 Å². The summed E-state index contributed by atoms with van der Waals surface area (Å²) in [5.41, 5.74) is 2.60. The molecule has 0 unspecified atom stereocenters. The van der Waals surface area contributed by atoms with Crippen LogP contribution in [0, 0.1) is 0 Å². The molecule has 2 aromatic rings. The van der Waals surface area contributed by atoms with Gasteiger partial charge in [-0.1, -0.05) is 0 Å². The second-order valence-electron chi connectivity index (χ2n) is 5.27. The lowest BCUT2D eigenvalue weighted by atomic mass is 10.2. The molecule has 0 spiro atoms. The van der Waals surface area contributed by atoms with Crippen molar-refractivity contribution in [2.24, 2.45) is 0 Å². The topological polar surface area (TPSA) is 21.3 Å². The Hall–Kier alpha value is -0.360. The van der Waals surface area contributed by atoms with Crippen LogP contribution in [0.1, 0.15) is 24.0 Å². The van der Waals surface area contributed by atoms with E-state index in [0.29, 0.717) is 6.61 Å². The fourth-order valence-corrected chi connectivity index (χ4v) is 4.32. The molecule has 1 fully saturated rings. The molecule has 0 amide bonds. The van der Waals surface area contributed by atoms with Crippen molar-refractivity contribution in [3.8, 4) is 5.75 Å². The summed E-state index contributed by atoms with van der Waals surface area (Å²) >= 11 is 8.96. The molecule has 2 nitrogen and oxygen atoms in total. The normalized spacial score (nSPS) is 14.4. The maximum atomic E-state index is 5.92. The molecule has 0 atom stereocenters. The second-order valence-corrected chi connectivity index (χ2v) is 7.76. The number of rotatable bonds is 7. The minimum Gasteiger partial charge on any atom is -0.491 e. The standard InChI is InChI=1S/C16H17Br2NOS/c17-14-7-12(9-19-13-1-2-13)8-15(18)16(14)20-5-3-11-4-6-21-10-11/h4,6-8,10,13,19H,1-3,5,9H2. The first-order valence-electron chi connectivity index (χ1n) is 7.07. The van der Waals surface area contributed by atoms with Crippen molar-refractivity contribution in [3.63, 3.8) is 0 Å². The molecule has 1 saturated carbocycles. The average molecular weight is 431 g/mol. The number of ether oxygens (including phenoxy) is 1. The molecule has 0 bridgehead atoms. The van der Waals surface area contributed by atoms with Gasteiger partial charge < -0.3 is 10.1 Å². The van der Waals surface area contributed by atoms with Crippen LogP contribution in [-0.4, -0.2) is 12.6 Å². The maximum absolute atomic E-state index is 5.92. The van der Waals surface area contributed by atoms with Crippen LogP contribution in [0.25, 0.3) is 0 Å². The van der Waals surface area contributed by atoms with Crippen molar-refractivity contribution in [2.75, 3.05) is 6.61 Å². The summed E-state index contributed by atoms with van der Waals surface area (Å²) in [6.07, 6.45) is 3.56. The van der Waals surface area contributed by atoms with Crippen LogP contribution in [0.3, 0.4) is 0 Å². The van der Waals surface area contributed by atoms with Crippen LogP contribution < -0.4 is 10.1 Å². The number of benzene rings is 1. The van der Waals surface area contributed by atoms with Gasteiger partial charge in [-0.25, -0.2) is 0 Å². The predicted molar refractivity (Wildman–Crippen MR) is 95.2 cm³/mol. The first kappa shape index (κ1) is 15.5. The number of hydrogen-bond donors (Lipinski definition) is 1. The lowest BCUT2D eigenvalue weighted by Crippen LogP contribution is -2.15. The van der Waals surface area contributed by atoms with E-state index in [-0.39, 0.29) is 0 Å². The minimum atomic E-state index is 0.688. The van der Waals surface area contributed by atoms with Crippen LogP contribution >= 0.6 is 43.2 Å². The van der Waals surface area contributed by atoms with Gasteiger partial charge in [0, 0.05) is 19.0 Å². The van der Waals surface area contributed by atoms with E-state index in [0.717, 1.165) is 33.7 Å². The molecule has 112 valence electrons. The van der Waals surface area contributed by atoms with Gasteiger partial charge in [0.1, 0.15) is 5.75 Å². The van der Waals surface area contributed by atoms with Crippen molar-refractivity contribution >= 4 is 43.2 Å². The molecule has 5 heteroatoms. The summed E-state index contributed by atoms with van der Waals surface area (Å²) in [6, 6.07) is 7.15. The molecule has 1 N–H and O–H groups in total. The highest BCUT2D eigenvalue weighted by Gasteiger charge is 2.20. The van der Waals surface area contributed by atoms with Crippen molar-refractivity contribution in [1.82, 2.24) is 5.32 Å². The third-order valence-corrected chi connectivity index (χ3v) is 5.36. The smallest absolute Gasteiger partial charge is 0.147 e. The van der Waals surface area contributed by atoms with Gasteiger partial charge in [-0.2, -0.15) is 11.3 Å². The molecular formula is C16H17Br2NOS. The number of nitrogens with one attached hydrogen (secondary N) is 1. The summed E-state index contributed by atoms with van der Waals surface area (Å²) in [7, 11) is 0. The summed E-state index contributed by atoms with van der Waals surface area (Å²) < 4.78 is 7.94. The fraction of sp³-hybridized carbons (Fsp3) is 0.375. The van der Waals surface area contributed by atoms with Gasteiger partial charge in [-0.15, -0.1) is 0 Å². The Kier molecular flexibility index (Phi) is 5.38. The maximum Gasteiger partial charge on any atom is 0.147 e. The summed E-state index contributed by atoms with van der Waals surface area (Å²) in [5, 5.41) is 7.79. The van der Waals surface area contributed by atoms with Crippen molar-refractivity contribution in [3.05, 3.63) is 49.0 Å². The Morgan fingerprint density at radius 1 is 1.19 bits per heavy atom.